The van der Waals surface area contributed by atoms with Crippen molar-refractivity contribution in [1.82, 2.24) is 0 Å². The van der Waals surface area contributed by atoms with Crippen LogP contribution in [0.25, 0.3) is 0 Å². The molecule has 0 aliphatic heterocycles. The Labute approximate surface area is 105 Å². The fraction of sp³-hybridized carbons (Fsp3) is 0.467. The molecule has 0 aliphatic carbocycles. The summed E-state index contributed by atoms with van der Waals surface area (Å²) in [6.07, 6.45) is 8.98. The fourth-order valence-corrected chi connectivity index (χ4v) is 1.69. The molecule has 0 bridgehead atoms. The van der Waals surface area contributed by atoms with E-state index in [4.69, 9.17) is 9.47 Å². The Morgan fingerprint density at radius 1 is 0.706 bits per heavy atom. The zero-order valence-corrected chi connectivity index (χ0v) is 10.7. The van der Waals surface area contributed by atoms with Crippen LogP contribution >= 0.6 is 0 Å². The molecule has 96 valence electrons. The molecule has 0 saturated heterocycles. The van der Waals surface area contributed by atoms with Gasteiger partial charge in [-0.05, 0) is 12.8 Å². The lowest BCUT2D eigenvalue weighted by Crippen LogP contribution is -2.32. The van der Waals surface area contributed by atoms with Gasteiger partial charge in [-0.25, -0.2) is 0 Å². The summed E-state index contributed by atoms with van der Waals surface area (Å²) in [5, 5.41) is 0. The van der Waals surface area contributed by atoms with Crippen molar-refractivity contribution in [2.45, 2.75) is 12.8 Å². The van der Waals surface area contributed by atoms with Gasteiger partial charge in [0.05, 0.1) is 26.4 Å². The molecule has 0 aliphatic rings. The Kier molecular flexibility index (Phi) is 9.40. The lowest BCUT2D eigenvalue weighted by Gasteiger charge is -2.31. The van der Waals surface area contributed by atoms with Crippen LogP contribution in [-0.4, -0.2) is 26.4 Å². The highest BCUT2D eigenvalue weighted by Crippen LogP contribution is 2.29. The molecule has 0 aromatic carbocycles. The molecular formula is C15H24O2. The van der Waals surface area contributed by atoms with Crippen molar-refractivity contribution in [3.63, 3.8) is 0 Å². The van der Waals surface area contributed by atoms with Crippen molar-refractivity contribution in [3.8, 4) is 0 Å². The van der Waals surface area contributed by atoms with E-state index in [0.717, 1.165) is 12.8 Å². The standard InChI is InChI=1S/C15H24O2/c1-5-9-15(10-6-2,13-16-11-7-3)14-17-12-8-4/h5-8H,1-4,9-14H2. The van der Waals surface area contributed by atoms with Gasteiger partial charge in [0.1, 0.15) is 0 Å². The van der Waals surface area contributed by atoms with E-state index in [1.54, 1.807) is 12.2 Å². The van der Waals surface area contributed by atoms with E-state index >= 15 is 0 Å². The Balaban J connectivity index is 4.45. The van der Waals surface area contributed by atoms with Crippen LogP contribution in [-0.2, 0) is 9.47 Å². The normalized spacial score (nSPS) is 10.8. The van der Waals surface area contributed by atoms with Gasteiger partial charge >= 0.3 is 0 Å². The maximum Gasteiger partial charge on any atom is 0.0645 e. The van der Waals surface area contributed by atoms with Crippen LogP contribution < -0.4 is 0 Å². The predicted octanol–water partition coefficient (Wildman–Crippen LogP) is 3.53. The molecule has 0 aromatic rings. The summed E-state index contributed by atoms with van der Waals surface area (Å²) < 4.78 is 11.1. The molecule has 0 unspecified atom stereocenters. The first kappa shape index (κ1) is 15.9. The van der Waals surface area contributed by atoms with Crippen molar-refractivity contribution >= 4 is 0 Å². The van der Waals surface area contributed by atoms with E-state index in [0.29, 0.717) is 26.4 Å². The second-order valence-electron chi connectivity index (χ2n) is 4.09. The highest BCUT2D eigenvalue weighted by Gasteiger charge is 2.28. The summed E-state index contributed by atoms with van der Waals surface area (Å²) in [6, 6.07) is 0. The summed E-state index contributed by atoms with van der Waals surface area (Å²) in [7, 11) is 0. The first-order valence-electron chi connectivity index (χ1n) is 5.83. The molecule has 0 radical (unpaired) electrons. The Hall–Kier alpha value is -1.12. The molecule has 0 N–H and O–H groups in total. The topological polar surface area (TPSA) is 18.5 Å². The van der Waals surface area contributed by atoms with Gasteiger partial charge in [0, 0.05) is 5.41 Å². The van der Waals surface area contributed by atoms with Crippen molar-refractivity contribution in [2.24, 2.45) is 5.41 Å². The zero-order chi connectivity index (χ0) is 13.0. The first-order valence-corrected chi connectivity index (χ1v) is 5.83. The second-order valence-corrected chi connectivity index (χ2v) is 4.09. The van der Waals surface area contributed by atoms with Crippen LogP contribution in [0, 0.1) is 5.41 Å². The molecule has 0 spiro atoms. The minimum atomic E-state index is -0.0739. The van der Waals surface area contributed by atoms with Crippen LogP contribution in [0.3, 0.4) is 0 Å². The number of rotatable bonds is 12. The SMILES string of the molecule is C=CCOCC(CC=C)(CC=C)COCC=C. The van der Waals surface area contributed by atoms with Gasteiger partial charge in [-0.15, -0.1) is 26.3 Å². The second kappa shape index (κ2) is 10.1. The maximum atomic E-state index is 5.56. The Bertz CT molecular complexity index is 217. The van der Waals surface area contributed by atoms with Gasteiger partial charge in [-0.3, -0.25) is 0 Å². The van der Waals surface area contributed by atoms with Crippen molar-refractivity contribution in [3.05, 3.63) is 50.6 Å². The fourth-order valence-electron chi connectivity index (χ4n) is 1.69. The molecule has 0 heterocycles. The molecule has 0 saturated carbocycles. The van der Waals surface area contributed by atoms with E-state index in [1.807, 2.05) is 12.2 Å². The Morgan fingerprint density at radius 2 is 1.12 bits per heavy atom. The molecule has 2 heteroatoms. The van der Waals surface area contributed by atoms with Gasteiger partial charge in [0.15, 0.2) is 0 Å². The summed E-state index contributed by atoms with van der Waals surface area (Å²) in [6.45, 7) is 17.2. The highest BCUT2D eigenvalue weighted by atomic mass is 16.5. The lowest BCUT2D eigenvalue weighted by atomic mass is 9.82. The third-order valence-corrected chi connectivity index (χ3v) is 2.44. The highest BCUT2D eigenvalue weighted by molar-refractivity contribution is 4.92. The third kappa shape index (κ3) is 6.93. The van der Waals surface area contributed by atoms with Gasteiger partial charge in [-0.1, -0.05) is 24.3 Å². The monoisotopic (exact) mass is 236 g/mol. The third-order valence-electron chi connectivity index (χ3n) is 2.44. The van der Waals surface area contributed by atoms with Crippen LogP contribution in [0.15, 0.2) is 50.6 Å². The molecular weight excluding hydrogens is 212 g/mol. The number of hydrogen-bond acceptors (Lipinski definition) is 2. The molecule has 0 fully saturated rings. The molecule has 0 atom stereocenters. The van der Waals surface area contributed by atoms with Gasteiger partial charge in [0.2, 0.25) is 0 Å². The predicted molar refractivity (Wildman–Crippen MR) is 74.1 cm³/mol. The molecule has 17 heavy (non-hydrogen) atoms. The van der Waals surface area contributed by atoms with Crippen molar-refractivity contribution < 1.29 is 9.47 Å². The van der Waals surface area contributed by atoms with E-state index < -0.39 is 0 Å². The van der Waals surface area contributed by atoms with Crippen molar-refractivity contribution in [2.75, 3.05) is 26.4 Å². The minimum Gasteiger partial charge on any atom is -0.377 e. The van der Waals surface area contributed by atoms with Crippen LogP contribution in [0.5, 0.6) is 0 Å². The number of hydrogen-bond donors (Lipinski definition) is 0. The number of allylic oxidation sites excluding steroid dienone is 2. The van der Waals surface area contributed by atoms with Crippen molar-refractivity contribution in [1.29, 1.82) is 0 Å². The summed E-state index contributed by atoms with van der Waals surface area (Å²) in [4.78, 5) is 0. The van der Waals surface area contributed by atoms with Gasteiger partial charge in [-0.2, -0.15) is 0 Å². The first-order chi connectivity index (χ1) is 8.24. The molecule has 0 amide bonds. The van der Waals surface area contributed by atoms with Crippen LogP contribution in [0.4, 0.5) is 0 Å². The summed E-state index contributed by atoms with van der Waals surface area (Å²) in [5.41, 5.74) is -0.0739. The van der Waals surface area contributed by atoms with E-state index in [9.17, 15) is 0 Å². The molecule has 0 rings (SSSR count). The van der Waals surface area contributed by atoms with Gasteiger partial charge in [0.25, 0.3) is 0 Å². The smallest absolute Gasteiger partial charge is 0.0645 e. The largest absolute Gasteiger partial charge is 0.377 e. The lowest BCUT2D eigenvalue weighted by molar-refractivity contribution is -0.00581. The Morgan fingerprint density at radius 3 is 1.41 bits per heavy atom. The van der Waals surface area contributed by atoms with Crippen LogP contribution in [0.1, 0.15) is 12.8 Å². The van der Waals surface area contributed by atoms with E-state index in [1.165, 1.54) is 0 Å². The quantitative estimate of drug-likeness (QED) is 0.381. The summed E-state index contributed by atoms with van der Waals surface area (Å²) in [5.74, 6) is 0. The maximum absolute atomic E-state index is 5.56. The summed E-state index contributed by atoms with van der Waals surface area (Å²) >= 11 is 0. The van der Waals surface area contributed by atoms with Gasteiger partial charge < -0.3 is 9.47 Å². The van der Waals surface area contributed by atoms with E-state index in [-0.39, 0.29) is 5.41 Å². The van der Waals surface area contributed by atoms with Crippen LogP contribution in [0.2, 0.25) is 0 Å². The number of ether oxygens (including phenoxy) is 2. The van der Waals surface area contributed by atoms with E-state index in [2.05, 4.69) is 26.3 Å². The zero-order valence-electron chi connectivity index (χ0n) is 10.7. The average Bonchev–Trinajstić information content (AvgIpc) is 2.30. The minimum absolute atomic E-state index is 0.0739. The molecule has 0 aromatic heterocycles. The average molecular weight is 236 g/mol. The molecule has 2 nitrogen and oxygen atoms in total.